The summed E-state index contributed by atoms with van der Waals surface area (Å²) in [5.74, 6) is 0.458. The summed E-state index contributed by atoms with van der Waals surface area (Å²) in [6, 6.07) is 14.7. The summed E-state index contributed by atoms with van der Waals surface area (Å²) in [7, 11) is 0. The zero-order valence-corrected chi connectivity index (χ0v) is 13.7. The lowest BCUT2D eigenvalue weighted by Crippen LogP contribution is -2.28. The summed E-state index contributed by atoms with van der Waals surface area (Å²) in [5.41, 5.74) is 1.98. The van der Waals surface area contributed by atoms with Crippen LogP contribution in [0.15, 0.2) is 54.3 Å². The van der Waals surface area contributed by atoms with Crippen molar-refractivity contribution < 1.29 is 14.3 Å². The topological polar surface area (TPSA) is 58.6 Å². The molecule has 0 saturated carbocycles. The normalized spacial score (nSPS) is 17.8. The van der Waals surface area contributed by atoms with E-state index in [0.717, 1.165) is 31.5 Å². The van der Waals surface area contributed by atoms with Crippen LogP contribution in [0.4, 0.5) is 5.69 Å². The molecule has 0 radical (unpaired) electrons. The summed E-state index contributed by atoms with van der Waals surface area (Å²) in [6.07, 6.45) is 3.79. The highest BCUT2D eigenvalue weighted by molar-refractivity contribution is 6.09. The van der Waals surface area contributed by atoms with Crippen molar-refractivity contribution in [3.8, 4) is 5.75 Å². The largest absolute Gasteiger partial charge is 0.449 e. The number of hydrogen-bond donors (Lipinski definition) is 1. The summed E-state index contributed by atoms with van der Waals surface area (Å²) >= 11 is 0. The van der Waals surface area contributed by atoms with E-state index in [4.69, 9.17) is 4.74 Å². The third-order valence-electron chi connectivity index (χ3n) is 4.41. The Morgan fingerprint density at radius 2 is 1.84 bits per heavy atom. The van der Waals surface area contributed by atoms with E-state index in [-0.39, 0.29) is 17.6 Å². The van der Waals surface area contributed by atoms with Gasteiger partial charge in [0.15, 0.2) is 11.5 Å². The zero-order valence-electron chi connectivity index (χ0n) is 13.7. The van der Waals surface area contributed by atoms with E-state index in [1.165, 1.54) is 0 Å². The standard InChI is InChI=1S/C20H18N2O3/c23-19-18(12-14-6-2-1-3-7-14)25-17-9-8-15(13-16(17)21-19)20(24)22-10-4-5-11-22/h1-3,6-9,12-13H,4-5,10-11H2,(H,21,23)/b18-12-. The van der Waals surface area contributed by atoms with Crippen LogP contribution in [0.5, 0.6) is 5.75 Å². The van der Waals surface area contributed by atoms with Gasteiger partial charge in [0.05, 0.1) is 5.69 Å². The van der Waals surface area contributed by atoms with Crippen LogP contribution in [0.25, 0.3) is 6.08 Å². The second kappa shape index (κ2) is 6.43. The monoisotopic (exact) mass is 334 g/mol. The first kappa shape index (κ1) is 15.4. The van der Waals surface area contributed by atoms with Crippen LogP contribution < -0.4 is 10.1 Å². The highest BCUT2D eigenvalue weighted by atomic mass is 16.5. The Morgan fingerprint density at radius 3 is 2.60 bits per heavy atom. The molecule has 0 spiro atoms. The number of likely N-dealkylation sites (tertiary alicyclic amines) is 1. The van der Waals surface area contributed by atoms with Gasteiger partial charge in [-0.2, -0.15) is 0 Å². The SMILES string of the molecule is O=C1Nc2cc(C(=O)N3CCCC3)ccc2O/C1=C\c1ccccc1. The first-order valence-electron chi connectivity index (χ1n) is 8.40. The van der Waals surface area contributed by atoms with Crippen molar-refractivity contribution in [2.24, 2.45) is 0 Å². The van der Waals surface area contributed by atoms with Gasteiger partial charge >= 0.3 is 0 Å². The maximum absolute atomic E-state index is 12.5. The number of nitrogens with zero attached hydrogens (tertiary/aromatic N) is 1. The predicted octanol–water partition coefficient (Wildman–Crippen LogP) is 3.29. The van der Waals surface area contributed by atoms with Gasteiger partial charge < -0.3 is 15.0 Å². The fraction of sp³-hybridized carbons (Fsp3) is 0.200. The minimum atomic E-state index is -0.317. The molecule has 0 bridgehead atoms. The van der Waals surface area contributed by atoms with E-state index >= 15 is 0 Å². The number of rotatable bonds is 2. The van der Waals surface area contributed by atoms with Crippen LogP contribution in [0.2, 0.25) is 0 Å². The van der Waals surface area contributed by atoms with Gasteiger partial charge in [0.1, 0.15) is 0 Å². The number of benzene rings is 2. The molecule has 126 valence electrons. The molecule has 2 aliphatic heterocycles. The van der Waals surface area contributed by atoms with Gasteiger partial charge in [-0.05, 0) is 42.7 Å². The molecule has 2 aromatic rings. The maximum atomic E-state index is 12.5. The smallest absolute Gasteiger partial charge is 0.291 e. The van der Waals surface area contributed by atoms with Gasteiger partial charge in [-0.1, -0.05) is 30.3 Å². The molecule has 2 amide bonds. The Bertz CT molecular complexity index is 852. The highest BCUT2D eigenvalue weighted by Gasteiger charge is 2.25. The summed E-state index contributed by atoms with van der Waals surface area (Å²) in [6.45, 7) is 1.59. The summed E-state index contributed by atoms with van der Waals surface area (Å²) in [5, 5.41) is 2.81. The zero-order chi connectivity index (χ0) is 17.2. The second-order valence-corrected chi connectivity index (χ2v) is 6.19. The summed E-state index contributed by atoms with van der Waals surface area (Å²) in [4.78, 5) is 26.6. The van der Waals surface area contributed by atoms with Crippen molar-refractivity contribution in [2.45, 2.75) is 12.8 Å². The van der Waals surface area contributed by atoms with Crippen molar-refractivity contribution >= 4 is 23.6 Å². The van der Waals surface area contributed by atoms with Crippen molar-refractivity contribution in [1.29, 1.82) is 0 Å². The molecule has 2 aliphatic rings. The van der Waals surface area contributed by atoms with Crippen molar-refractivity contribution in [3.05, 3.63) is 65.4 Å². The lowest BCUT2D eigenvalue weighted by Gasteiger charge is -2.21. The molecule has 1 saturated heterocycles. The molecule has 0 atom stereocenters. The number of nitrogens with one attached hydrogen (secondary N) is 1. The predicted molar refractivity (Wildman–Crippen MR) is 95.3 cm³/mol. The molecule has 4 rings (SSSR count). The van der Waals surface area contributed by atoms with Gasteiger partial charge in [0.2, 0.25) is 0 Å². The number of carbonyl (C=O) groups is 2. The average Bonchev–Trinajstić information content (AvgIpc) is 3.17. The van der Waals surface area contributed by atoms with Crippen molar-refractivity contribution in [1.82, 2.24) is 4.90 Å². The third-order valence-corrected chi connectivity index (χ3v) is 4.41. The van der Waals surface area contributed by atoms with Crippen LogP contribution in [-0.4, -0.2) is 29.8 Å². The first-order valence-corrected chi connectivity index (χ1v) is 8.40. The fourth-order valence-electron chi connectivity index (χ4n) is 3.10. The lowest BCUT2D eigenvalue weighted by atomic mass is 10.1. The van der Waals surface area contributed by atoms with E-state index < -0.39 is 0 Å². The van der Waals surface area contributed by atoms with Crippen LogP contribution in [0.3, 0.4) is 0 Å². The molecular formula is C20H18N2O3. The second-order valence-electron chi connectivity index (χ2n) is 6.19. The highest BCUT2D eigenvalue weighted by Crippen LogP contribution is 2.33. The number of carbonyl (C=O) groups excluding carboxylic acids is 2. The molecule has 1 N–H and O–H groups in total. The molecular weight excluding hydrogens is 316 g/mol. The average molecular weight is 334 g/mol. The number of hydrogen-bond acceptors (Lipinski definition) is 3. The number of ether oxygens (including phenoxy) is 1. The van der Waals surface area contributed by atoms with Gasteiger partial charge in [0.25, 0.3) is 11.8 Å². The minimum absolute atomic E-state index is 0.000161. The Kier molecular flexibility index (Phi) is 3.98. The number of fused-ring (bicyclic) bond motifs is 1. The Morgan fingerprint density at radius 1 is 1.08 bits per heavy atom. The fourth-order valence-corrected chi connectivity index (χ4v) is 3.10. The van der Waals surface area contributed by atoms with Gasteiger partial charge in [0, 0.05) is 18.7 Å². The Balaban J connectivity index is 1.59. The molecule has 1 fully saturated rings. The van der Waals surface area contributed by atoms with Crippen molar-refractivity contribution in [3.63, 3.8) is 0 Å². The maximum Gasteiger partial charge on any atom is 0.291 e. The summed E-state index contributed by atoms with van der Waals surface area (Å²) < 4.78 is 5.73. The Labute approximate surface area is 145 Å². The van der Waals surface area contributed by atoms with Crippen LogP contribution in [0.1, 0.15) is 28.8 Å². The molecule has 25 heavy (non-hydrogen) atoms. The van der Waals surface area contributed by atoms with E-state index in [0.29, 0.717) is 17.0 Å². The molecule has 5 heteroatoms. The molecule has 2 aromatic carbocycles. The van der Waals surface area contributed by atoms with E-state index in [9.17, 15) is 9.59 Å². The van der Waals surface area contributed by atoms with Crippen LogP contribution in [0, 0.1) is 0 Å². The number of amides is 2. The molecule has 0 unspecified atom stereocenters. The lowest BCUT2D eigenvalue weighted by molar-refractivity contribution is -0.115. The molecule has 2 heterocycles. The van der Waals surface area contributed by atoms with E-state index in [1.807, 2.05) is 35.2 Å². The quantitative estimate of drug-likeness (QED) is 0.857. The van der Waals surface area contributed by atoms with E-state index in [1.54, 1.807) is 24.3 Å². The van der Waals surface area contributed by atoms with Gasteiger partial charge in [-0.25, -0.2) is 0 Å². The van der Waals surface area contributed by atoms with Gasteiger partial charge in [-0.15, -0.1) is 0 Å². The van der Waals surface area contributed by atoms with Crippen LogP contribution >= 0.6 is 0 Å². The Hall–Kier alpha value is -3.08. The minimum Gasteiger partial charge on any atom is -0.449 e. The number of anilines is 1. The van der Waals surface area contributed by atoms with E-state index in [2.05, 4.69) is 5.32 Å². The third kappa shape index (κ3) is 3.13. The van der Waals surface area contributed by atoms with Crippen LogP contribution in [-0.2, 0) is 4.79 Å². The van der Waals surface area contributed by atoms with Gasteiger partial charge in [-0.3, -0.25) is 9.59 Å². The first-order chi connectivity index (χ1) is 12.2. The molecule has 5 nitrogen and oxygen atoms in total. The molecule has 0 aromatic heterocycles. The molecule has 0 aliphatic carbocycles. The van der Waals surface area contributed by atoms with Crippen molar-refractivity contribution in [2.75, 3.05) is 18.4 Å².